The number of nitrogens with one attached hydrogen (secondary N) is 1. The van der Waals surface area contributed by atoms with Crippen molar-refractivity contribution in [3.8, 4) is 6.01 Å². The number of halogens is 1. The molecule has 0 spiro atoms. The van der Waals surface area contributed by atoms with Crippen LogP contribution in [-0.4, -0.2) is 22.1 Å². The summed E-state index contributed by atoms with van der Waals surface area (Å²) in [5.41, 5.74) is 7.67. The second-order valence-corrected chi connectivity index (χ2v) is 4.70. The Labute approximate surface area is 119 Å². The minimum Gasteiger partial charge on any atom is -0.467 e. The van der Waals surface area contributed by atoms with Gasteiger partial charge < -0.3 is 15.8 Å². The van der Waals surface area contributed by atoms with Gasteiger partial charge in [0.2, 0.25) is 11.9 Å². The fraction of sp³-hybridized carbons (Fsp3) is 0.250. The second-order valence-electron chi connectivity index (χ2n) is 3.78. The van der Waals surface area contributed by atoms with Crippen molar-refractivity contribution in [1.29, 1.82) is 0 Å². The van der Waals surface area contributed by atoms with E-state index in [1.54, 1.807) is 0 Å². The van der Waals surface area contributed by atoms with Crippen LogP contribution >= 0.6 is 15.9 Å². The number of nitrogens with zero attached hydrogens (tertiary/aromatic N) is 3. The molecule has 2 rings (SSSR count). The Balaban J connectivity index is 2.33. The summed E-state index contributed by atoms with van der Waals surface area (Å²) in [4.78, 5) is 12.0. The van der Waals surface area contributed by atoms with E-state index in [9.17, 15) is 0 Å². The minimum absolute atomic E-state index is 0.115. The third-order valence-electron chi connectivity index (χ3n) is 2.51. The number of nitrogens with two attached hydrogens (primary N) is 1. The van der Waals surface area contributed by atoms with Gasteiger partial charge in [0.05, 0.1) is 7.11 Å². The van der Waals surface area contributed by atoms with E-state index in [4.69, 9.17) is 10.5 Å². The summed E-state index contributed by atoms with van der Waals surface area (Å²) in [6, 6.07) is 6.13. The van der Waals surface area contributed by atoms with Gasteiger partial charge in [-0.1, -0.05) is 22.9 Å². The Morgan fingerprint density at radius 3 is 2.79 bits per heavy atom. The molecule has 1 aromatic heterocycles. The quantitative estimate of drug-likeness (QED) is 0.899. The van der Waals surface area contributed by atoms with Crippen molar-refractivity contribution in [3.63, 3.8) is 0 Å². The average Bonchev–Trinajstić information content (AvgIpc) is 2.40. The van der Waals surface area contributed by atoms with Crippen molar-refractivity contribution in [1.82, 2.24) is 15.0 Å². The number of nitrogen functional groups attached to an aromatic ring is 1. The third kappa shape index (κ3) is 3.31. The van der Waals surface area contributed by atoms with Crippen LogP contribution in [0.1, 0.15) is 12.5 Å². The summed E-state index contributed by atoms with van der Waals surface area (Å²) in [5.74, 6) is 0.478. The van der Waals surface area contributed by atoms with E-state index < -0.39 is 0 Å². The van der Waals surface area contributed by atoms with Gasteiger partial charge in [0, 0.05) is 10.2 Å². The van der Waals surface area contributed by atoms with E-state index in [1.807, 2.05) is 18.2 Å². The van der Waals surface area contributed by atoms with Gasteiger partial charge in [-0.15, -0.1) is 0 Å². The maximum Gasteiger partial charge on any atom is 0.322 e. The summed E-state index contributed by atoms with van der Waals surface area (Å²) >= 11 is 3.45. The monoisotopic (exact) mass is 323 g/mol. The summed E-state index contributed by atoms with van der Waals surface area (Å²) in [6.07, 6.45) is 0.888. The molecule has 0 saturated heterocycles. The number of hydrogen-bond acceptors (Lipinski definition) is 6. The van der Waals surface area contributed by atoms with Crippen LogP contribution in [0.15, 0.2) is 22.7 Å². The Bertz CT molecular complexity index is 590. The predicted octanol–water partition coefficient (Wildman–Crippen LogP) is 2.53. The normalized spacial score (nSPS) is 10.3. The van der Waals surface area contributed by atoms with Gasteiger partial charge in [0.25, 0.3) is 0 Å². The van der Waals surface area contributed by atoms with Crippen molar-refractivity contribution < 1.29 is 4.74 Å². The number of rotatable bonds is 4. The van der Waals surface area contributed by atoms with Crippen molar-refractivity contribution in [2.75, 3.05) is 18.2 Å². The Morgan fingerprint density at radius 1 is 1.32 bits per heavy atom. The number of methoxy groups -OCH3 is 1. The van der Waals surface area contributed by atoms with Gasteiger partial charge in [0.15, 0.2) is 0 Å². The maximum absolute atomic E-state index is 5.59. The van der Waals surface area contributed by atoms with Gasteiger partial charge in [-0.05, 0) is 30.2 Å². The molecule has 0 unspecified atom stereocenters. The fourth-order valence-corrected chi connectivity index (χ4v) is 2.02. The molecular formula is C12H14BrN5O. The van der Waals surface area contributed by atoms with Crippen LogP contribution in [0.5, 0.6) is 6.01 Å². The second kappa shape index (κ2) is 5.83. The van der Waals surface area contributed by atoms with E-state index in [0.717, 1.165) is 22.1 Å². The molecule has 0 aliphatic carbocycles. The molecule has 100 valence electrons. The highest BCUT2D eigenvalue weighted by Gasteiger charge is 2.07. The molecule has 0 saturated carbocycles. The Kier molecular flexibility index (Phi) is 4.16. The molecule has 0 aliphatic heterocycles. The molecule has 0 aliphatic rings. The summed E-state index contributed by atoms with van der Waals surface area (Å²) in [7, 11) is 1.48. The zero-order valence-electron chi connectivity index (χ0n) is 10.6. The van der Waals surface area contributed by atoms with Crippen molar-refractivity contribution in [2.24, 2.45) is 0 Å². The van der Waals surface area contributed by atoms with E-state index >= 15 is 0 Å². The van der Waals surface area contributed by atoms with E-state index in [0.29, 0.717) is 5.95 Å². The average molecular weight is 324 g/mol. The first-order chi connectivity index (χ1) is 9.12. The molecule has 0 atom stereocenters. The molecule has 6 nitrogen and oxygen atoms in total. The lowest BCUT2D eigenvalue weighted by molar-refractivity contribution is 0.380. The SMILES string of the molecule is CCc1cc(Br)ccc1Nc1nc(N)nc(OC)n1. The van der Waals surface area contributed by atoms with Crippen LogP contribution in [0.4, 0.5) is 17.6 Å². The number of benzene rings is 1. The number of anilines is 3. The van der Waals surface area contributed by atoms with Crippen LogP contribution in [0, 0.1) is 0 Å². The van der Waals surface area contributed by atoms with Crippen molar-refractivity contribution in [2.45, 2.75) is 13.3 Å². The van der Waals surface area contributed by atoms with Crippen molar-refractivity contribution >= 4 is 33.5 Å². The zero-order valence-corrected chi connectivity index (χ0v) is 12.2. The van der Waals surface area contributed by atoms with Crippen LogP contribution in [0.2, 0.25) is 0 Å². The molecule has 1 heterocycles. The lowest BCUT2D eigenvalue weighted by Crippen LogP contribution is -2.06. The molecule has 0 bridgehead atoms. The zero-order chi connectivity index (χ0) is 13.8. The van der Waals surface area contributed by atoms with Gasteiger partial charge in [-0.25, -0.2) is 0 Å². The summed E-state index contributed by atoms with van der Waals surface area (Å²) in [6.45, 7) is 2.08. The van der Waals surface area contributed by atoms with Crippen LogP contribution in [0.3, 0.4) is 0 Å². The smallest absolute Gasteiger partial charge is 0.322 e. The lowest BCUT2D eigenvalue weighted by atomic mass is 10.1. The number of aromatic nitrogens is 3. The predicted molar refractivity (Wildman–Crippen MR) is 77.6 cm³/mol. The number of ether oxygens (including phenoxy) is 1. The first-order valence-electron chi connectivity index (χ1n) is 5.73. The topological polar surface area (TPSA) is 86.0 Å². The molecule has 7 heteroatoms. The number of hydrogen-bond donors (Lipinski definition) is 2. The van der Waals surface area contributed by atoms with Crippen LogP contribution in [-0.2, 0) is 6.42 Å². The number of aryl methyl sites for hydroxylation is 1. The van der Waals surface area contributed by atoms with Gasteiger partial charge in [0.1, 0.15) is 0 Å². The lowest BCUT2D eigenvalue weighted by Gasteiger charge is -2.10. The van der Waals surface area contributed by atoms with E-state index in [-0.39, 0.29) is 12.0 Å². The highest BCUT2D eigenvalue weighted by atomic mass is 79.9. The highest BCUT2D eigenvalue weighted by Crippen LogP contribution is 2.24. The molecule has 19 heavy (non-hydrogen) atoms. The van der Waals surface area contributed by atoms with Crippen LogP contribution < -0.4 is 15.8 Å². The van der Waals surface area contributed by atoms with E-state index in [1.165, 1.54) is 7.11 Å². The van der Waals surface area contributed by atoms with Crippen molar-refractivity contribution in [3.05, 3.63) is 28.2 Å². The molecule has 0 radical (unpaired) electrons. The van der Waals surface area contributed by atoms with Gasteiger partial charge in [-0.3, -0.25) is 0 Å². The summed E-state index contributed by atoms with van der Waals surface area (Å²) < 4.78 is 5.99. The maximum atomic E-state index is 5.59. The Morgan fingerprint density at radius 2 is 2.11 bits per heavy atom. The fourth-order valence-electron chi connectivity index (χ4n) is 1.62. The van der Waals surface area contributed by atoms with E-state index in [2.05, 4.69) is 43.1 Å². The first kappa shape index (κ1) is 13.5. The third-order valence-corrected chi connectivity index (χ3v) is 3.00. The summed E-state index contributed by atoms with van der Waals surface area (Å²) in [5, 5.41) is 3.12. The molecular weight excluding hydrogens is 310 g/mol. The first-order valence-corrected chi connectivity index (χ1v) is 6.52. The molecule has 0 fully saturated rings. The molecule has 3 N–H and O–H groups in total. The van der Waals surface area contributed by atoms with Gasteiger partial charge in [-0.2, -0.15) is 15.0 Å². The van der Waals surface area contributed by atoms with Gasteiger partial charge >= 0.3 is 6.01 Å². The van der Waals surface area contributed by atoms with Crippen LogP contribution in [0.25, 0.3) is 0 Å². The highest BCUT2D eigenvalue weighted by molar-refractivity contribution is 9.10. The standard InChI is InChI=1S/C12H14BrN5O/c1-3-7-6-8(13)4-5-9(7)15-11-16-10(14)17-12(18-11)19-2/h4-6H,3H2,1-2H3,(H3,14,15,16,17,18). The largest absolute Gasteiger partial charge is 0.467 e. The molecule has 0 amide bonds. The Hall–Kier alpha value is -1.89. The minimum atomic E-state index is 0.115. The molecule has 1 aromatic carbocycles. The molecule has 2 aromatic rings.